The van der Waals surface area contributed by atoms with E-state index in [-0.39, 0.29) is 5.91 Å². The van der Waals surface area contributed by atoms with Crippen LogP contribution in [0.2, 0.25) is 0 Å². The van der Waals surface area contributed by atoms with Crippen LogP contribution < -0.4 is 4.74 Å². The van der Waals surface area contributed by atoms with Crippen molar-refractivity contribution in [3.05, 3.63) is 65.9 Å². The van der Waals surface area contributed by atoms with Crippen LogP contribution in [0.5, 0.6) is 5.75 Å². The molecule has 1 aliphatic rings. The number of ether oxygens (including phenoxy) is 1. The highest BCUT2D eigenvalue weighted by atomic mass is 16.5. The molecule has 4 rings (SSSR count). The molecule has 2 aromatic carbocycles. The molecule has 5 heteroatoms. The molecule has 1 aromatic heterocycles. The molecule has 0 radical (unpaired) electrons. The lowest BCUT2D eigenvalue weighted by Crippen LogP contribution is -2.41. The summed E-state index contributed by atoms with van der Waals surface area (Å²) in [6.45, 7) is 2.96. The van der Waals surface area contributed by atoms with Gasteiger partial charge in [-0.25, -0.2) is 0 Å². The van der Waals surface area contributed by atoms with E-state index in [0.29, 0.717) is 19.0 Å². The molecule has 1 amide bonds. The number of fused-ring (bicyclic) bond motifs is 1. The fourth-order valence-corrected chi connectivity index (χ4v) is 4.32. The zero-order valence-corrected chi connectivity index (χ0v) is 17.2. The van der Waals surface area contributed by atoms with Crippen LogP contribution in [0.4, 0.5) is 0 Å². The van der Waals surface area contributed by atoms with Crippen LogP contribution in [0.15, 0.2) is 54.7 Å². The lowest BCUT2D eigenvalue weighted by atomic mass is 9.89. The third-order valence-electron chi connectivity index (χ3n) is 6.03. The van der Waals surface area contributed by atoms with Crippen molar-refractivity contribution in [2.75, 3.05) is 33.8 Å². The predicted octanol–water partition coefficient (Wildman–Crippen LogP) is 4.01. The summed E-state index contributed by atoms with van der Waals surface area (Å²) in [5.41, 5.74) is 3.65. The Morgan fingerprint density at radius 2 is 1.86 bits per heavy atom. The van der Waals surface area contributed by atoms with Gasteiger partial charge in [-0.15, -0.1) is 0 Å². The molecule has 0 saturated carbocycles. The summed E-state index contributed by atoms with van der Waals surface area (Å²) in [5, 5.41) is 1.33. The number of likely N-dealkylation sites (N-methyl/N-ethyl adjacent to an activating group) is 1. The van der Waals surface area contributed by atoms with Crippen LogP contribution >= 0.6 is 0 Å². The molecular formula is C24H29N3O2. The first-order valence-corrected chi connectivity index (χ1v) is 10.3. The maximum atomic E-state index is 12.7. The first kappa shape index (κ1) is 19.5. The van der Waals surface area contributed by atoms with Gasteiger partial charge in [0.2, 0.25) is 5.91 Å². The minimum absolute atomic E-state index is 0.154. The van der Waals surface area contributed by atoms with E-state index in [1.807, 2.05) is 31.3 Å². The summed E-state index contributed by atoms with van der Waals surface area (Å²) in [6.07, 6.45) is 4.34. The average molecular weight is 392 g/mol. The van der Waals surface area contributed by atoms with E-state index in [4.69, 9.17) is 4.74 Å². The topological polar surface area (TPSA) is 48.6 Å². The number of H-pyrrole nitrogens is 1. The van der Waals surface area contributed by atoms with Gasteiger partial charge in [0.05, 0.1) is 13.7 Å². The number of carbonyl (C=O) groups excluding carboxylic acids is 1. The molecule has 0 aliphatic carbocycles. The maximum Gasteiger partial charge on any atom is 0.236 e. The summed E-state index contributed by atoms with van der Waals surface area (Å²) in [4.78, 5) is 20.2. The van der Waals surface area contributed by atoms with Gasteiger partial charge in [-0.3, -0.25) is 9.69 Å². The molecule has 152 valence electrons. The maximum absolute atomic E-state index is 12.7. The number of nitrogens with one attached hydrogen (secondary N) is 1. The number of amides is 1. The normalized spacial score (nSPS) is 15.5. The van der Waals surface area contributed by atoms with Gasteiger partial charge < -0.3 is 14.6 Å². The molecular weight excluding hydrogens is 362 g/mol. The number of aromatic nitrogens is 1. The summed E-state index contributed by atoms with van der Waals surface area (Å²) < 4.78 is 5.40. The summed E-state index contributed by atoms with van der Waals surface area (Å²) in [6, 6.07) is 16.4. The number of rotatable bonds is 6. The standard InChI is InChI=1S/C24H29N3O2/c1-26(16-19-7-3-6-10-23(19)29-2)24(28)17-27-13-11-18(12-14-27)21-15-25-22-9-5-4-8-20(21)22/h3-10,15,18,25H,11-14,16-17H2,1-2H3. The molecule has 2 heterocycles. The Bertz CT molecular complexity index is 973. The van der Waals surface area contributed by atoms with Gasteiger partial charge in [-0.05, 0) is 49.5 Å². The van der Waals surface area contributed by atoms with Gasteiger partial charge in [0.25, 0.3) is 0 Å². The molecule has 0 atom stereocenters. The molecule has 0 bridgehead atoms. The van der Waals surface area contributed by atoms with E-state index in [0.717, 1.165) is 37.2 Å². The largest absolute Gasteiger partial charge is 0.496 e. The van der Waals surface area contributed by atoms with Crippen LogP contribution in [0.1, 0.15) is 29.9 Å². The molecule has 1 fully saturated rings. The lowest BCUT2D eigenvalue weighted by molar-refractivity contribution is -0.131. The zero-order chi connectivity index (χ0) is 20.2. The Kier molecular flexibility index (Phi) is 5.86. The number of aromatic amines is 1. The number of nitrogens with zero attached hydrogens (tertiary/aromatic N) is 2. The second-order valence-corrected chi connectivity index (χ2v) is 7.90. The van der Waals surface area contributed by atoms with Crippen LogP contribution in [-0.2, 0) is 11.3 Å². The van der Waals surface area contributed by atoms with Gasteiger partial charge in [0, 0.05) is 36.3 Å². The quantitative estimate of drug-likeness (QED) is 0.691. The molecule has 5 nitrogen and oxygen atoms in total. The number of likely N-dealkylation sites (tertiary alicyclic amines) is 1. The SMILES string of the molecule is COc1ccccc1CN(C)C(=O)CN1CCC(c2c[nH]c3ccccc23)CC1. The molecule has 0 unspecified atom stereocenters. The zero-order valence-electron chi connectivity index (χ0n) is 17.2. The van der Waals surface area contributed by atoms with Crippen LogP contribution in [-0.4, -0.2) is 54.5 Å². The summed E-state index contributed by atoms with van der Waals surface area (Å²) >= 11 is 0. The van der Waals surface area contributed by atoms with Crippen molar-refractivity contribution in [3.8, 4) is 5.75 Å². The fourth-order valence-electron chi connectivity index (χ4n) is 4.32. The van der Waals surface area contributed by atoms with E-state index in [1.54, 1.807) is 12.0 Å². The van der Waals surface area contributed by atoms with Crippen molar-refractivity contribution in [1.82, 2.24) is 14.8 Å². The van der Waals surface area contributed by atoms with E-state index in [1.165, 1.54) is 16.5 Å². The van der Waals surface area contributed by atoms with E-state index < -0.39 is 0 Å². The minimum Gasteiger partial charge on any atom is -0.496 e. The Labute approximate surface area is 172 Å². The van der Waals surface area contributed by atoms with Crippen molar-refractivity contribution in [2.24, 2.45) is 0 Å². The van der Waals surface area contributed by atoms with Crippen LogP contribution in [0.3, 0.4) is 0 Å². The first-order valence-electron chi connectivity index (χ1n) is 10.3. The number of piperidine rings is 1. The van der Waals surface area contributed by atoms with Crippen LogP contribution in [0.25, 0.3) is 10.9 Å². The average Bonchev–Trinajstić information content (AvgIpc) is 3.19. The lowest BCUT2D eigenvalue weighted by Gasteiger charge is -2.32. The number of para-hydroxylation sites is 2. The van der Waals surface area contributed by atoms with Crippen molar-refractivity contribution < 1.29 is 9.53 Å². The Balaban J connectivity index is 1.31. The highest BCUT2D eigenvalue weighted by molar-refractivity contribution is 5.83. The summed E-state index contributed by atoms with van der Waals surface area (Å²) in [5.74, 6) is 1.54. The highest BCUT2D eigenvalue weighted by Crippen LogP contribution is 2.33. The van der Waals surface area contributed by atoms with Crippen molar-refractivity contribution in [2.45, 2.75) is 25.3 Å². The van der Waals surface area contributed by atoms with Gasteiger partial charge >= 0.3 is 0 Å². The number of carbonyl (C=O) groups is 1. The van der Waals surface area contributed by atoms with Crippen LogP contribution in [0, 0.1) is 0 Å². The third kappa shape index (κ3) is 4.30. The van der Waals surface area contributed by atoms with Crippen molar-refractivity contribution in [1.29, 1.82) is 0 Å². The van der Waals surface area contributed by atoms with E-state index in [9.17, 15) is 4.79 Å². The van der Waals surface area contributed by atoms with Gasteiger partial charge in [-0.2, -0.15) is 0 Å². The molecule has 1 N–H and O–H groups in total. The first-order chi connectivity index (χ1) is 14.2. The Morgan fingerprint density at radius 1 is 1.14 bits per heavy atom. The van der Waals surface area contributed by atoms with Crippen molar-refractivity contribution >= 4 is 16.8 Å². The molecule has 1 aliphatic heterocycles. The van der Waals surface area contributed by atoms with Gasteiger partial charge in [-0.1, -0.05) is 36.4 Å². The fraction of sp³-hybridized carbons (Fsp3) is 0.375. The van der Waals surface area contributed by atoms with E-state index in [2.05, 4.69) is 40.3 Å². The number of benzene rings is 2. The van der Waals surface area contributed by atoms with Gasteiger partial charge in [0.15, 0.2) is 0 Å². The summed E-state index contributed by atoms with van der Waals surface area (Å²) in [7, 11) is 3.53. The van der Waals surface area contributed by atoms with Gasteiger partial charge in [0.1, 0.15) is 5.75 Å². The van der Waals surface area contributed by atoms with Crippen molar-refractivity contribution in [3.63, 3.8) is 0 Å². The number of methoxy groups -OCH3 is 1. The second-order valence-electron chi connectivity index (χ2n) is 7.90. The number of hydrogen-bond acceptors (Lipinski definition) is 3. The Morgan fingerprint density at radius 3 is 2.66 bits per heavy atom. The second kappa shape index (κ2) is 8.70. The third-order valence-corrected chi connectivity index (χ3v) is 6.03. The monoisotopic (exact) mass is 391 g/mol. The number of hydrogen-bond donors (Lipinski definition) is 1. The predicted molar refractivity (Wildman–Crippen MR) is 116 cm³/mol. The molecule has 0 spiro atoms. The van der Waals surface area contributed by atoms with E-state index >= 15 is 0 Å². The smallest absolute Gasteiger partial charge is 0.236 e. The highest BCUT2D eigenvalue weighted by Gasteiger charge is 2.24. The molecule has 3 aromatic rings. The Hall–Kier alpha value is -2.79. The molecule has 29 heavy (non-hydrogen) atoms. The minimum atomic E-state index is 0.154. The molecule has 1 saturated heterocycles.